The van der Waals surface area contributed by atoms with E-state index in [2.05, 4.69) is 194 Å². The van der Waals surface area contributed by atoms with Gasteiger partial charge in [-0.2, -0.15) is 0 Å². The van der Waals surface area contributed by atoms with Crippen molar-refractivity contribution in [1.29, 1.82) is 0 Å². The quantitative estimate of drug-likeness (QED) is 0.186. The molecule has 7 aromatic carbocycles. The molecule has 2 aliphatic rings. The molecule has 1 nitrogen and oxygen atoms in total. The van der Waals surface area contributed by atoms with Gasteiger partial charge in [0.15, 0.2) is 0 Å². The number of para-hydroxylation sites is 2. The summed E-state index contributed by atoms with van der Waals surface area (Å²) in [7, 11) is 0. The molecule has 0 bridgehead atoms. The van der Waals surface area contributed by atoms with E-state index in [4.69, 9.17) is 0 Å². The van der Waals surface area contributed by atoms with Gasteiger partial charge in [-0.15, -0.1) is 12.8 Å². The largest absolute Gasteiger partial charge is 0.310 e. The van der Waals surface area contributed by atoms with Gasteiger partial charge in [-0.05, 0) is 86.0 Å². The maximum Gasteiger partial charge on any atom is 0.0754 e. The van der Waals surface area contributed by atoms with Crippen LogP contribution in [-0.2, 0) is 5.41 Å². The van der Waals surface area contributed by atoms with Crippen LogP contribution >= 0.6 is 0 Å². The van der Waals surface area contributed by atoms with E-state index < -0.39 is 5.41 Å². The molecule has 1 heteroatoms. The fourth-order valence-corrected chi connectivity index (χ4v) is 7.73. The van der Waals surface area contributed by atoms with Gasteiger partial charge in [-0.3, -0.25) is 0 Å². The van der Waals surface area contributed by atoms with Crippen molar-refractivity contribution in [1.82, 2.24) is 0 Å². The molecule has 0 N–H and O–H groups in total. The molecule has 0 unspecified atom stereocenters. The monoisotopic (exact) mass is 585 g/mol. The molecule has 7 aromatic rings. The van der Waals surface area contributed by atoms with E-state index in [1.807, 2.05) is 0 Å². The van der Waals surface area contributed by atoms with Gasteiger partial charge >= 0.3 is 0 Å². The topological polar surface area (TPSA) is 3.24 Å². The molecule has 0 aromatic heterocycles. The number of nitrogens with zero attached hydrogens (tertiary/aromatic N) is 1. The van der Waals surface area contributed by atoms with Crippen molar-refractivity contribution in [3.05, 3.63) is 198 Å². The lowest BCUT2D eigenvalue weighted by molar-refractivity contribution is 0.753. The second kappa shape index (κ2) is 11.1. The molecular formula is C45H31N. The number of anilines is 3. The predicted molar refractivity (Wildman–Crippen MR) is 193 cm³/mol. The van der Waals surface area contributed by atoms with E-state index in [0.717, 1.165) is 5.69 Å². The molecule has 1 aliphatic heterocycles. The van der Waals surface area contributed by atoms with Gasteiger partial charge in [-0.1, -0.05) is 146 Å². The van der Waals surface area contributed by atoms with E-state index in [-0.39, 0.29) is 0 Å². The van der Waals surface area contributed by atoms with Gasteiger partial charge in [-0.25, -0.2) is 0 Å². The highest BCUT2D eigenvalue weighted by Gasteiger charge is 2.51. The standard InChI is InChI=1S/C43H29N.C2H2/c1-3-15-30(16-4-1)33-19-7-8-20-34(33)31-27-28-42-40(29-31)43(37-23-11-9-21-35(37)36-22-10-12-24-38(36)43)39-25-13-14-26-41(39)44(42)32-17-5-2-6-18-32;1-2/h1-29H;1-2H. The molecule has 1 heterocycles. The second-order valence-electron chi connectivity index (χ2n) is 11.7. The first-order chi connectivity index (χ1) is 22.9. The Hall–Kier alpha value is -6.10. The highest BCUT2D eigenvalue weighted by Crippen LogP contribution is 2.63. The first kappa shape index (κ1) is 27.4. The lowest BCUT2D eigenvalue weighted by atomic mass is 9.64. The summed E-state index contributed by atoms with van der Waals surface area (Å²) >= 11 is 0. The summed E-state index contributed by atoms with van der Waals surface area (Å²) in [5.41, 5.74) is 16.0. The summed E-state index contributed by atoms with van der Waals surface area (Å²) in [6.07, 6.45) is 8.00. The predicted octanol–water partition coefficient (Wildman–Crippen LogP) is 11.4. The Balaban J connectivity index is 0.00000153. The van der Waals surface area contributed by atoms with Crippen molar-refractivity contribution in [2.24, 2.45) is 0 Å². The first-order valence-corrected chi connectivity index (χ1v) is 15.6. The van der Waals surface area contributed by atoms with Crippen molar-refractivity contribution in [3.63, 3.8) is 0 Å². The zero-order chi connectivity index (χ0) is 31.1. The Kier molecular flexibility index (Phi) is 6.63. The molecule has 0 amide bonds. The van der Waals surface area contributed by atoms with Gasteiger partial charge in [0.25, 0.3) is 0 Å². The SMILES string of the molecule is C#C.c1ccc(-c2ccccc2-c2ccc3c(c2)C2(c4ccccc4-c4ccccc42)c2ccccc2N3c2ccccc2)cc1. The maximum atomic E-state index is 4.00. The van der Waals surface area contributed by atoms with Crippen molar-refractivity contribution in [2.45, 2.75) is 5.41 Å². The minimum absolute atomic E-state index is 0.456. The van der Waals surface area contributed by atoms with Gasteiger partial charge in [0.05, 0.1) is 16.8 Å². The molecule has 216 valence electrons. The molecule has 0 fully saturated rings. The van der Waals surface area contributed by atoms with E-state index in [9.17, 15) is 0 Å². The van der Waals surface area contributed by atoms with Crippen LogP contribution in [0.1, 0.15) is 22.3 Å². The molecule has 0 saturated heterocycles. The summed E-state index contributed by atoms with van der Waals surface area (Å²) in [4.78, 5) is 2.45. The normalized spacial score (nSPS) is 13.0. The van der Waals surface area contributed by atoms with E-state index in [0.29, 0.717) is 0 Å². The first-order valence-electron chi connectivity index (χ1n) is 15.6. The van der Waals surface area contributed by atoms with Crippen LogP contribution in [0, 0.1) is 12.8 Å². The van der Waals surface area contributed by atoms with Crippen LogP contribution < -0.4 is 4.90 Å². The smallest absolute Gasteiger partial charge is 0.0754 e. The molecular weight excluding hydrogens is 555 g/mol. The molecule has 9 rings (SSSR count). The minimum atomic E-state index is -0.456. The molecule has 0 atom stereocenters. The zero-order valence-corrected chi connectivity index (χ0v) is 25.3. The highest BCUT2D eigenvalue weighted by molar-refractivity contribution is 5.97. The number of fused-ring (bicyclic) bond motifs is 9. The molecule has 0 radical (unpaired) electrons. The Morgan fingerprint density at radius 1 is 0.348 bits per heavy atom. The third-order valence-corrected chi connectivity index (χ3v) is 9.48. The lowest BCUT2D eigenvalue weighted by Crippen LogP contribution is -2.36. The van der Waals surface area contributed by atoms with Crippen molar-refractivity contribution >= 4 is 17.1 Å². The van der Waals surface area contributed by atoms with Gasteiger partial charge in [0.2, 0.25) is 0 Å². The van der Waals surface area contributed by atoms with Crippen molar-refractivity contribution < 1.29 is 0 Å². The van der Waals surface area contributed by atoms with Crippen LogP contribution in [0.25, 0.3) is 33.4 Å². The number of hydrogen-bond acceptors (Lipinski definition) is 1. The summed E-state index contributed by atoms with van der Waals surface area (Å²) in [6, 6.07) is 64.5. The number of terminal acetylenes is 1. The summed E-state index contributed by atoms with van der Waals surface area (Å²) < 4.78 is 0. The van der Waals surface area contributed by atoms with Gasteiger partial charge < -0.3 is 4.90 Å². The molecule has 0 saturated carbocycles. The number of benzene rings is 7. The molecule has 46 heavy (non-hydrogen) atoms. The summed E-state index contributed by atoms with van der Waals surface area (Å²) in [5, 5.41) is 0. The Labute approximate surface area is 271 Å². The van der Waals surface area contributed by atoms with Crippen LogP contribution in [0.5, 0.6) is 0 Å². The van der Waals surface area contributed by atoms with E-state index in [1.165, 1.54) is 67.0 Å². The Bertz CT molecular complexity index is 2180. The van der Waals surface area contributed by atoms with E-state index in [1.54, 1.807) is 0 Å². The summed E-state index contributed by atoms with van der Waals surface area (Å²) in [5.74, 6) is 0. The van der Waals surface area contributed by atoms with Crippen LogP contribution in [0.3, 0.4) is 0 Å². The lowest BCUT2D eigenvalue weighted by Gasteiger charge is -2.45. The fourth-order valence-electron chi connectivity index (χ4n) is 7.73. The zero-order valence-electron chi connectivity index (χ0n) is 25.3. The second-order valence-corrected chi connectivity index (χ2v) is 11.7. The summed E-state index contributed by atoms with van der Waals surface area (Å²) in [6.45, 7) is 0. The molecule has 1 aliphatic carbocycles. The highest BCUT2D eigenvalue weighted by atomic mass is 15.2. The fraction of sp³-hybridized carbons (Fsp3) is 0.0222. The average Bonchev–Trinajstić information content (AvgIpc) is 3.44. The van der Waals surface area contributed by atoms with Crippen LogP contribution in [-0.4, -0.2) is 0 Å². The Morgan fingerprint density at radius 3 is 1.43 bits per heavy atom. The van der Waals surface area contributed by atoms with Gasteiger partial charge in [0.1, 0.15) is 0 Å². The Morgan fingerprint density at radius 2 is 0.804 bits per heavy atom. The number of rotatable bonds is 3. The molecule has 1 spiro atoms. The number of hydrogen-bond donors (Lipinski definition) is 0. The van der Waals surface area contributed by atoms with Gasteiger partial charge in [0, 0.05) is 5.69 Å². The van der Waals surface area contributed by atoms with Crippen LogP contribution in [0.15, 0.2) is 176 Å². The third kappa shape index (κ3) is 3.91. The van der Waals surface area contributed by atoms with Crippen molar-refractivity contribution in [3.8, 4) is 46.2 Å². The maximum absolute atomic E-state index is 4.00. The third-order valence-electron chi connectivity index (χ3n) is 9.48. The van der Waals surface area contributed by atoms with Crippen LogP contribution in [0.2, 0.25) is 0 Å². The minimum Gasteiger partial charge on any atom is -0.310 e. The van der Waals surface area contributed by atoms with Crippen molar-refractivity contribution in [2.75, 3.05) is 4.90 Å². The van der Waals surface area contributed by atoms with Crippen LogP contribution in [0.4, 0.5) is 17.1 Å². The van der Waals surface area contributed by atoms with E-state index >= 15 is 0 Å². The average molecular weight is 586 g/mol.